The maximum Gasteiger partial charge on any atom is 0.00940 e. The van der Waals surface area contributed by atoms with Gasteiger partial charge in [0.25, 0.3) is 0 Å². The van der Waals surface area contributed by atoms with Crippen LogP contribution in [0, 0.1) is 5.92 Å². The summed E-state index contributed by atoms with van der Waals surface area (Å²) in [5.74, 6) is 0.946. The molecule has 0 aromatic rings. The highest BCUT2D eigenvalue weighted by atomic mass is 15.1. The van der Waals surface area contributed by atoms with E-state index in [1.165, 1.54) is 64.6 Å². The zero-order chi connectivity index (χ0) is 12.1. The highest BCUT2D eigenvalue weighted by molar-refractivity contribution is 4.83. The average Bonchev–Trinajstić information content (AvgIpc) is 2.32. The second-order valence-corrected chi connectivity index (χ2v) is 6.25. The lowest BCUT2D eigenvalue weighted by Crippen LogP contribution is -2.47. The van der Waals surface area contributed by atoms with Crippen LogP contribution < -0.4 is 5.32 Å². The maximum atomic E-state index is 3.92. The third kappa shape index (κ3) is 4.26. The molecule has 2 atom stereocenters. The standard InChI is InChI=1S/C15H30N2/c1-3-9-17-10-7-14(8-11-17)16-15-6-4-5-13(2)12-15/h13-16H,3-12H2,1-2H3. The van der Waals surface area contributed by atoms with Crippen molar-refractivity contribution in [2.24, 2.45) is 5.92 Å². The predicted octanol–water partition coefficient (Wildman–Crippen LogP) is 3.03. The van der Waals surface area contributed by atoms with Crippen molar-refractivity contribution in [3.8, 4) is 0 Å². The van der Waals surface area contributed by atoms with Crippen molar-refractivity contribution in [2.75, 3.05) is 19.6 Å². The van der Waals surface area contributed by atoms with Crippen LogP contribution in [0.15, 0.2) is 0 Å². The molecule has 0 aromatic carbocycles. The summed E-state index contributed by atoms with van der Waals surface area (Å²) in [6, 6.07) is 1.62. The minimum absolute atomic E-state index is 0.804. The monoisotopic (exact) mass is 238 g/mol. The summed E-state index contributed by atoms with van der Waals surface area (Å²) in [5, 5.41) is 3.92. The lowest BCUT2D eigenvalue weighted by Gasteiger charge is -2.36. The van der Waals surface area contributed by atoms with Crippen LogP contribution in [-0.4, -0.2) is 36.6 Å². The molecule has 17 heavy (non-hydrogen) atoms. The van der Waals surface area contributed by atoms with Crippen molar-refractivity contribution < 1.29 is 0 Å². The van der Waals surface area contributed by atoms with Gasteiger partial charge < -0.3 is 10.2 Å². The Hall–Kier alpha value is -0.0800. The average molecular weight is 238 g/mol. The molecule has 2 fully saturated rings. The zero-order valence-electron chi connectivity index (χ0n) is 11.8. The molecule has 1 aliphatic heterocycles. The van der Waals surface area contributed by atoms with Gasteiger partial charge in [0.1, 0.15) is 0 Å². The third-order valence-corrected chi connectivity index (χ3v) is 4.54. The normalized spacial score (nSPS) is 32.8. The minimum Gasteiger partial charge on any atom is -0.311 e. The zero-order valence-corrected chi connectivity index (χ0v) is 11.8. The summed E-state index contributed by atoms with van der Waals surface area (Å²) < 4.78 is 0. The summed E-state index contributed by atoms with van der Waals surface area (Å²) in [4.78, 5) is 2.63. The fourth-order valence-corrected chi connectivity index (χ4v) is 3.56. The molecular weight excluding hydrogens is 208 g/mol. The van der Waals surface area contributed by atoms with Gasteiger partial charge in [0.15, 0.2) is 0 Å². The Bertz CT molecular complexity index is 209. The number of rotatable bonds is 4. The predicted molar refractivity (Wildman–Crippen MR) is 74.3 cm³/mol. The summed E-state index contributed by atoms with van der Waals surface area (Å²) in [6.45, 7) is 8.63. The molecule has 1 aliphatic carbocycles. The van der Waals surface area contributed by atoms with Crippen LogP contribution in [-0.2, 0) is 0 Å². The van der Waals surface area contributed by atoms with E-state index in [-0.39, 0.29) is 0 Å². The van der Waals surface area contributed by atoms with Crippen LogP contribution in [0.3, 0.4) is 0 Å². The van der Waals surface area contributed by atoms with E-state index in [1.807, 2.05) is 0 Å². The van der Waals surface area contributed by atoms with Crippen LogP contribution in [0.5, 0.6) is 0 Å². The van der Waals surface area contributed by atoms with Gasteiger partial charge in [-0.15, -0.1) is 0 Å². The number of hydrogen-bond donors (Lipinski definition) is 1. The van der Waals surface area contributed by atoms with E-state index in [2.05, 4.69) is 24.1 Å². The van der Waals surface area contributed by atoms with Gasteiger partial charge in [0, 0.05) is 12.1 Å². The van der Waals surface area contributed by atoms with Crippen molar-refractivity contribution in [1.82, 2.24) is 10.2 Å². The fourth-order valence-electron chi connectivity index (χ4n) is 3.56. The van der Waals surface area contributed by atoms with E-state index in [9.17, 15) is 0 Å². The molecular formula is C15H30N2. The van der Waals surface area contributed by atoms with Crippen molar-refractivity contribution in [1.29, 1.82) is 0 Å². The van der Waals surface area contributed by atoms with Crippen LogP contribution in [0.1, 0.15) is 58.8 Å². The molecule has 2 heteroatoms. The molecule has 1 N–H and O–H groups in total. The first-order chi connectivity index (χ1) is 8.28. The van der Waals surface area contributed by atoms with Crippen molar-refractivity contribution in [3.63, 3.8) is 0 Å². The molecule has 0 amide bonds. The molecule has 100 valence electrons. The highest BCUT2D eigenvalue weighted by Gasteiger charge is 2.24. The summed E-state index contributed by atoms with van der Waals surface area (Å²) in [7, 11) is 0. The van der Waals surface area contributed by atoms with Gasteiger partial charge in [0.05, 0.1) is 0 Å². The van der Waals surface area contributed by atoms with Gasteiger partial charge >= 0.3 is 0 Å². The molecule has 1 heterocycles. The Kier molecular flexibility index (Phi) is 5.30. The van der Waals surface area contributed by atoms with E-state index in [4.69, 9.17) is 0 Å². The van der Waals surface area contributed by atoms with Crippen molar-refractivity contribution in [2.45, 2.75) is 70.9 Å². The molecule has 0 aromatic heterocycles. The van der Waals surface area contributed by atoms with Crippen LogP contribution in [0.4, 0.5) is 0 Å². The lowest BCUT2D eigenvalue weighted by atomic mass is 9.86. The topological polar surface area (TPSA) is 15.3 Å². The fraction of sp³-hybridized carbons (Fsp3) is 1.00. The quantitative estimate of drug-likeness (QED) is 0.810. The lowest BCUT2D eigenvalue weighted by molar-refractivity contribution is 0.178. The Labute approximate surface area is 107 Å². The van der Waals surface area contributed by atoms with E-state index >= 15 is 0 Å². The van der Waals surface area contributed by atoms with Gasteiger partial charge in [0.2, 0.25) is 0 Å². The number of hydrogen-bond acceptors (Lipinski definition) is 2. The number of nitrogens with one attached hydrogen (secondary N) is 1. The van der Waals surface area contributed by atoms with E-state index < -0.39 is 0 Å². The third-order valence-electron chi connectivity index (χ3n) is 4.54. The Morgan fingerprint density at radius 2 is 1.82 bits per heavy atom. The van der Waals surface area contributed by atoms with Crippen LogP contribution >= 0.6 is 0 Å². The number of nitrogens with zero attached hydrogens (tertiary/aromatic N) is 1. The Morgan fingerprint density at radius 1 is 1.06 bits per heavy atom. The van der Waals surface area contributed by atoms with Gasteiger partial charge in [-0.25, -0.2) is 0 Å². The molecule has 2 unspecified atom stereocenters. The van der Waals surface area contributed by atoms with Gasteiger partial charge in [-0.05, 0) is 57.7 Å². The van der Waals surface area contributed by atoms with Gasteiger partial charge in [-0.1, -0.05) is 26.7 Å². The first-order valence-electron chi connectivity index (χ1n) is 7.76. The second-order valence-electron chi connectivity index (χ2n) is 6.25. The largest absolute Gasteiger partial charge is 0.311 e. The van der Waals surface area contributed by atoms with E-state index in [1.54, 1.807) is 0 Å². The highest BCUT2D eigenvalue weighted by Crippen LogP contribution is 2.24. The molecule has 0 spiro atoms. The molecule has 2 rings (SSSR count). The van der Waals surface area contributed by atoms with Crippen molar-refractivity contribution >= 4 is 0 Å². The molecule has 2 aliphatic rings. The summed E-state index contributed by atoms with van der Waals surface area (Å²) >= 11 is 0. The van der Waals surface area contributed by atoms with E-state index in [0.717, 1.165) is 18.0 Å². The smallest absolute Gasteiger partial charge is 0.00940 e. The Balaban J connectivity index is 1.67. The Morgan fingerprint density at radius 3 is 2.47 bits per heavy atom. The number of piperidine rings is 1. The van der Waals surface area contributed by atoms with Crippen LogP contribution in [0.2, 0.25) is 0 Å². The SMILES string of the molecule is CCCN1CCC(NC2CCCC(C)C2)CC1. The minimum atomic E-state index is 0.804. The van der Waals surface area contributed by atoms with Crippen LogP contribution in [0.25, 0.3) is 0 Å². The molecule has 2 nitrogen and oxygen atoms in total. The van der Waals surface area contributed by atoms with Crippen molar-refractivity contribution in [3.05, 3.63) is 0 Å². The molecule has 1 saturated carbocycles. The molecule has 1 saturated heterocycles. The van der Waals surface area contributed by atoms with E-state index in [0.29, 0.717) is 0 Å². The first-order valence-corrected chi connectivity index (χ1v) is 7.76. The number of likely N-dealkylation sites (tertiary alicyclic amines) is 1. The van der Waals surface area contributed by atoms with Gasteiger partial charge in [-0.2, -0.15) is 0 Å². The summed E-state index contributed by atoms with van der Waals surface area (Å²) in [6.07, 6.45) is 9.75. The summed E-state index contributed by atoms with van der Waals surface area (Å²) in [5.41, 5.74) is 0. The maximum absolute atomic E-state index is 3.92. The molecule has 0 radical (unpaired) electrons. The second kappa shape index (κ2) is 6.75. The van der Waals surface area contributed by atoms with Gasteiger partial charge in [-0.3, -0.25) is 0 Å². The molecule has 0 bridgehead atoms. The first kappa shape index (κ1) is 13.4.